The zero-order valence-electron chi connectivity index (χ0n) is 11.4. The number of anilines is 1. The molecule has 2 rings (SSSR count). The van der Waals surface area contributed by atoms with Crippen LogP contribution in [0.1, 0.15) is 16.8 Å². The fourth-order valence-electron chi connectivity index (χ4n) is 2.11. The van der Waals surface area contributed by atoms with Crippen LogP contribution in [0.2, 0.25) is 0 Å². The van der Waals surface area contributed by atoms with Crippen LogP contribution in [0.5, 0.6) is 0 Å². The first-order valence-corrected chi connectivity index (χ1v) is 5.91. The minimum atomic E-state index is 0.741. The number of nitrogen functional groups attached to an aromatic ring is 1. The van der Waals surface area contributed by atoms with E-state index < -0.39 is 0 Å². The van der Waals surface area contributed by atoms with E-state index in [0.29, 0.717) is 0 Å². The normalized spacial score (nSPS) is 11.4. The number of aryl methyl sites for hydroxylation is 3. The lowest BCUT2D eigenvalue weighted by atomic mass is 10.2. The van der Waals surface area contributed by atoms with Crippen molar-refractivity contribution in [3.05, 3.63) is 29.2 Å². The summed E-state index contributed by atoms with van der Waals surface area (Å²) < 4.78 is 3.54. The minimum Gasteiger partial charge on any atom is -0.384 e. The SMILES string of the molecule is Cc1nn(C)c(N)c1CN(C)Cc1cnn(C)c1. The van der Waals surface area contributed by atoms with Crippen LogP contribution >= 0.6 is 0 Å². The van der Waals surface area contributed by atoms with Gasteiger partial charge in [-0.25, -0.2) is 0 Å². The highest BCUT2D eigenvalue weighted by Gasteiger charge is 2.12. The summed E-state index contributed by atoms with van der Waals surface area (Å²) in [7, 11) is 5.86. The predicted octanol–water partition coefficient (Wildman–Crippen LogP) is 0.676. The molecule has 0 spiro atoms. The molecule has 18 heavy (non-hydrogen) atoms. The van der Waals surface area contributed by atoms with Crippen molar-refractivity contribution in [3.8, 4) is 0 Å². The second kappa shape index (κ2) is 4.81. The van der Waals surface area contributed by atoms with E-state index in [9.17, 15) is 0 Å². The smallest absolute Gasteiger partial charge is 0.126 e. The van der Waals surface area contributed by atoms with Crippen molar-refractivity contribution in [2.24, 2.45) is 14.1 Å². The molecule has 0 aliphatic rings. The standard InChI is InChI=1S/C12H20N6/c1-9-11(12(13)18(4)15-9)8-16(2)6-10-5-14-17(3)7-10/h5,7H,6,8,13H2,1-4H3. The van der Waals surface area contributed by atoms with Crippen LogP contribution in [0.3, 0.4) is 0 Å². The van der Waals surface area contributed by atoms with Crippen molar-refractivity contribution < 1.29 is 0 Å². The molecule has 0 saturated carbocycles. The van der Waals surface area contributed by atoms with Gasteiger partial charge in [0.1, 0.15) is 5.82 Å². The molecule has 2 aromatic heterocycles. The van der Waals surface area contributed by atoms with Gasteiger partial charge in [-0.05, 0) is 14.0 Å². The quantitative estimate of drug-likeness (QED) is 0.864. The molecule has 6 heteroatoms. The molecule has 0 atom stereocenters. The summed E-state index contributed by atoms with van der Waals surface area (Å²) >= 11 is 0. The predicted molar refractivity (Wildman–Crippen MR) is 70.7 cm³/mol. The Balaban J connectivity index is 2.05. The number of hydrogen-bond donors (Lipinski definition) is 1. The van der Waals surface area contributed by atoms with E-state index in [2.05, 4.69) is 22.1 Å². The first-order chi connectivity index (χ1) is 8.47. The third-order valence-electron chi connectivity index (χ3n) is 3.03. The van der Waals surface area contributed by atoms with Crippen molar-refractivity contribution in [1.29, 1.82) is 0 Å². The Hall–Kier alpha value is -1.82. The molecule has 98 valence electrons. The molecule has 0 saturated heterocycles. The Labute approximate surface area is 107 Å². The lowest BCUT2D eigenvalue weighted by molar-refractivity contribution is 0.319. The van der Waals surface area contributed by atoms with Gasteiger partial charge < -0.3 is 5.73 Å². The van der Waals surface area contributed by atoms with E-state index >= 15 is 0 Å². The summed E-state index contributed by atoms with van der Waals surface area (Å²) in [6.07, 6.45) is 3.91. The van der Waals surface area contributed by atoms with Gasteiger partial charge in [0.2, 0.25) is 0 Å². The number of nitrogens with zero attached hydrogens (tertiary/aromatic N) is 5. The van der Waals surface area contributed by atoms with Crippen LogP contribution in [-0.4, -0.2) is 31.5 Å². The fraction of sp³-hybridized carbons (Fsp3) is 0.500. The molecule has 0 fully saturated rings. The third kappa shape index (κ3) is 2.53. The second-order valence-electron chi connectivity index (χ2n) is 4.77. The molecule has 0 aliphatic carbocycles. The van der Waals surface area contributed by atoms with Gasteiger partial charge in [0.05, 0.1) is 11.9 Å². The number of hydrogen-bond acceptors (Lipinski definition) is 4. The Bertz CT molecular complexity index is 539. The van der Waals surface area contributed by atoms with Crippen LogP contribution in [0.15, 0.2) is 12.4 Å². The topological polar surface area (TPSA) is 64.9 Å². The van der Waals surface area contributed by atoms with E-state index in [1.54, 1.807) is 4.68 Å². The second-order valence-corrected chi connectivity index (χ2v) is 4.77. The molecule has 2 N–H and O–H groups in total. The zero-order chi connectivity index (χ0) is 13.3. The monoisotopic (exact) mass is 248 g/mol. The van der Waals surface area contributed by atoms with E-state index in [0.717, 1.165) is 30.2 Å². The van der Waals surface area contributed by atoms with Gasteiger partial charge in [0, 0.05) is 44.5 Å². The Kier molecular flexibility index (Phi) is 3.38. The fourth-order valence-corrected chi connectivity index (χ4v) is 2.11. The Morgan fingerprint density at radius 2 is 2.06 bits per heavy atom. The molecule has 0 aliphatic heterocycles. The van der Waals surface area contributed by atoms with Gasteiger partial charge in [-0.15, -0.1) is 0 Å². The van der Waals surface area contributed by atoms with Crippen molar-refractivity contribution >= 4 is 5.82 Å². The van der Waals surface area contributed by atoms with Crippen LogP contribution in [0, 0.1) is 6.92 Å². The molecule has 2 aromatic rings. The summed E-state index contributed by atoms with van der Waals surface area (Å²) in [6, 6.07) is 0. The Morgan fingerprint density at radius 3 is 2.56 bits per heavy atom. The van der Waals surface area contributed by atoms with Gasteiger partial charge in [-0.1, -0.05) is 0 Å². The third-order valence-corrected chi connectivity index (χ3v) is 3.03. The average molecular weight is 248 g/mol. The molecule has 0 bridgehead atoms. The van der Waals surface area contributed by atoms with Crippen molar-refractivity contribution in [3.63, 3.8) is 0 Å². The first kappa shape index (κ1) is 12.6. The van der Waals surface area contributed by atoms with Gasteiger partial charge >= 0.3 is 0 Å². The molecular weight excluding hydrogens is 228 g/mol. The molecule has 0 aromatic carbocycles. The van der Waals surface area contributed by atoms with Gasteiger partial charge in [0.25, 0.3) is 0 Å². The highest BCUT2D eigenvalue weighted by Crippen LogP contribution is 2.17. The van der Waals surface area contributed by atoms with E-state index in [-0.39, 0.29) is 0 Å². The highest BCUT2D eigenvalue weighted by molar-refractivity contribution is 5.42. The minimum absolute atomic E-state index is 0.741. The van der Waals surface area contributed by atoms with Crippen LogP contribution < -0.4 is 5.73 Å². The van der Waals surface area contributed by atoms with E-state index in [4.69, 9.17) is 5.73 Å². The maximum atomic E-state index is 6.01. The number of rotatable bonds is 4. The summed E-state index contributed by atoms with van der Waals surface area (Å²) in [6.45, 7) is 3.63. The van der Waals surface area contributed by atoms with Gasteiger partial charge in [0.15, 0.2) is 0 Å². The molecule has 0 unspecified atom stereocenters. The lowest BCUT2D eigenvalue weighted by Gasteiger charge is -2.15. The largest absolute Gasteiger partial charge is 0.384 e. The van der Waals surface area contributed by atoms with Crippen LogP contribution in [0.25, 0.3) is 0 Å². The molecular formula is C12H20N6. The van der Waals surface area contributed by atoms with E-state index in [1.807, 2.05) is 38.1 Å². The molecule has 2 heterocycles. The first-order valence-electron chi connectivity index (χ1n) is 5.91. The maximum absolute atomic E-state index is 6.01. The summed E-state index contributed by atoms with van der Waals surface area (Å²) in [4.78, 5) is 2.21. The summed E-state index contributed by atoms with van der Waals surface area (Å²) in [5, 5.41) is 8.49. The molecule has 0 radical (unpaired) electrons. The Morgan fingerprint density at radius 1 is 1.33 bits per heavy atom. The summed E-state index contributed by atoms with van der Waals surface area (Å²) in [5.74, 6) is 0.741. The van der Waals surface area contributed by atoms with E-state index in [1.165, 1.54) is 5.56 Å². The van der Waals surface area contributed by atoms with Crippen LogP contribution in [-0.2, 0) is 27.2 Å². The highest BCUT2D eigenvalue weighted by atomic mass is 15.3. The van der Waals surface area contributed by atoms with Gasteiger partial charge in [-0.3, -0.25) is 14.3 Å². The maximum Gasteiger partial charge on any atom is 0.126 e. The summed E-state index contributed by atoms with van der Waals surface area (Å²) in [5.41, 5.74) is 9.30. The van der Waals surface area contributed by atoms with Crippen molar-refractivity contribution in [2.75, 3.05) is 12.8 Å². The number of nitrogens with two attached hydrogens (primary N) is 1. The number of aromatic nitrogens is 4. The van der Waals surface area contributed by atoms with Crippen molar-refractivity contribution in [2.45, 2.75) is 20.0 Å². The zero-order valence-corrected chi connectivity index (χ0v) is 11.4. The lowest BCUT2D eigenvalue weighted by Crippen LogP contribution is -2.18. The molecule has 6 nitrogen and oxygen atoms in total. The average Bonchev–Trinajstić information content (AvgIpc) is 2.78. The van der Waals surface area contributed by atoms with Crippen LogP contribution in [0.4, 0.5) is 5.82 Å². The van der Waals surface area contributed by atoms with Gasteiger partial charge in [-0.2, -0.15) is 10.2 Å². The van der Waals surface area contributed by atoms with Crippen molar-refractivity contribution in [1.82, 2.24) is 24.5 Å². The molecule has 0 amide bonds.